The highest BCUT2D eigenvalue weighted by molar-refractivity contribution is 7.80. The summed E-state index contributed by atoms with van der Waals surface area (Å²) in [6.45, 7) is 6.23. The number of halogens is 2. The molecule has 1 unspecified atom stereocenters. The highest BCUT2D eigenvalue weighted by Crippen LogP contribution is 2.37. The molecule has 3 aromatic rings. The fraction of sp³-hybridized carbons (Fsp3) is 0.136. The average Bonchev–Trinajstić information content (AvgIpc) is 3.21. The number of nitrogens with one attached hydrogen (secondary N) is 1. The van der Waals surface area contributed by atoms with Crippen molar-refractivity contribution >= 4 is 34.5 Å². The maximum atomic E-state index is 13.9. The Morgan fingerprint density at radius 1 is 1.30 bits per heavy atom. The number of hydrogen-bond acceptors (Lipinski definition) is 4. The van der Waals surface area contributed by atoms with E-state index in [1.165, 1.54) is 12.1 Å². The van der Waals surface area contributed by atoms with Gasteiger partial charge in [0.05, 0.1) is 11.6 Å². The van der Waals surface area contributed by atoms with Gasteiger partial charge in [-0.1, -0.05) is 35.0 Å². The molecule has 0 bridgehead atoms. The maximum absolute atomic E-state index is 13.9. The Labute approximate surface area is 183 Å². The van der Waals surface area contributed by atoms with E-state index in [0.717, 1.165) is 16.8 Å². The predicted octanol–water partition coefficient (Wildman–Crippen LogP) is 5.38. The second-order valence-electron chi connectivity index (χ2n) is 6.77. The Bertz CT molecular complexity index is 1140. The molecule has 2 heterocycles. The van der Waals surface area contributed by atoms with E-state index in [1.54, 1.807) is 24.3 Å². The summed E-state index contributed by atoms with van der Waals surface area (Å²) < 4.78 is 19.6. The van der Waals surface area contributed by atoms with Gasteiger partial charge in [-0.2, -0.15) is 4.98 Å². The molecule has 0 amide bonds. The lowest BCUT2D eigenvalue weighted by Gasteiger charge is -2.36. The fourth-order valence-electron chi connectivity index (χ4n) is 3.39. The molecule has 0 aliphatic carbocycles. The number of nitrogens with zero attached hydrogens (tertiary/aromatic N) is 3. The van der Waals surface area contributed by atoms with Crippen molar-refractivity contribution in [2.45, 2.75) is 13.0 Å². The minimum atomic E-state index is -0.437. The van der Waals surface area contributed by atoms with Gasteiger partial charge in [-0.25, -0.2) is 4.39 Å². The van der Waals surface area contributed by atoms with Crippen LogP contribution >= 0.6 is 23.8 Å². The van der Waals surface area contributed by atoms with Gasteiger partial charge in [0.2, 0.25) is 5.82 Å². The van der Waals surface area contributed by atoms with Gasteiger partial charge in [-0.05, 0) is 61.1 Å². The molecule has 2 aromatic carbocycles. The molecule has 1 aromatic heterocycles. The summed E-state index contributed by atoms with van der Waals surface area (Å²) in [6, 6.07) is 13.1. The molecule has 0 radical (unpaired) electrons. The minimum Gasteiger partial charge on any atom is -0.351 e. The molecular formula is C22H18ClFN4OS. The van der Waals surface area contributed by atoms with Crippen molar-refractivity contribution in [1.29, 1.82) is 0 Å². The summed E-state index contributed by atoms with van der Waals surface area (Å²) in [5, 5.41) is 8.53. The molecule has 0 fully saturated rings. The maximum Gasteiger partial charge on any atom is 0.258 e. The van der Waals surface area contributed by atoms with Crippen LogP contribution in [0.2, 0.25) is 5.02 Å². The normalized spacial score (nSPS) is 16.6. The monoisotopic (exact) mass is 440 g/mol. The van der Waals surface area contributed by atoms with E-state index in [-0.39, 0.29) is 5.82 Å². The van der Waals surface area contributed by atoms with Gasteiger partial charge in [-0.3, -0.25) is 0 Å². The van der Waals surface area contributed by atoms with E-state index in [1.807, 2.05) is 30.0 Å². The molecule has 1 atom stereocenters. The van der Waals surface area contributed by atoms with E-state index >= 15 is 0 Å². The van der Waals surface area contributed by atoms with Gasteiger partial charge in [0, 0.05) is 22.8 Å². The van der Waals surface area contributed by atoms with Crippen LogP contribution in [0.4, 0.5) is 4.39 Å². The van der Waals surface area contributed by atoms with E-state index in [9.17, 15) is 4.39 Å². The fourth-order valence-corrected chi connectivity index (χ4v) is 3.85. The standard InChI is InChI=1S/C22H18ClFN4OS/c1-3-11-28-13(2)18(19(25-22(28)30)15-5-4-6-17(24)12-15)21-26-20(27-29-21)14-7-9-16(23)10-8-14/h3-10,12,19H,1,11H2,2H3,(H,25,30). The molecule has 8 heteroatoms. The highest BCUT2D eigenvalue weighted by atomic mass is 35.5. The van der Waals surface area contributed by atoms with Crippen LogP contribution in [0, 0.1) is 5.82 Å². The summed E-state index contributed by atoms with van der Waals surface area (Å²) in [4.78, 5) is 6.48. The Hall–Kier alpha value is -3.03. The summed E-state index contributed by atoms with van der Waals surface area (Å²) in [5.74, 6) is 0.428. The van der Waals surface area contributed by atoms with E-state index < -0.39 is 6.04 Å². The first-order valence-electron chi connectivity index (χ1n) is 9.23. The van der Waals surface area contributed by atoms with Crippen molar-refractivity contribution in [1.82, 2.24) is 20.4 Å². The summed E-state index contributed by atoms with van der Waals surface area (Å²) >= 11 is 11.5. The molecule has 30 heavy (non-hydrogen) atoms. The molecule has 1 aliphatic rings. The van der Waals surface area contributed by atoms with Crippen molar-refractivity contribution in [3.63, 3.8) is 0 Å². The zero-order valence-corrected chi connectivity index (χ0v) is 17.7. The van der Waals surface area contributed by atoms with E-state index in [0.29, 0.717) is 34.0 Å². The predicted molar refractivity (Wildman–Crippen MR) is 119 cm³/mol. The number of rotatable bonds is 5. The third-order valence-corrected chi connectivity index (χ3v) is 5.44. The highest BCUT2D eigenvalue weighted by Gasteiger charge is 2.33. The van der Waals surface area contributed by atoms with Gasteiger partial charge in [0.15, 0.2) is 5.11 Å². The number of allylic oxidation sites excluding steroid dienone is 1. The number of hydrogen-bond donors (Lipinski definition) is 1. The second kappa shape index (κ2) is 8.38. The number of aromatic nitrogens is 2. The van der Waals surface area contributed by atoms with Crippen LogP contribution in [0.25, 0.3) is 17.0 Å². The zero-order valence-electron chi connectivity index (χ0n) is 16.1. The molecule has 1 N–H and O–H groups in total. The molecule has 0 spiro atoms. The number of thiocarbonyl (C=S) groups is 1. The van der Waals surface area contributed by atoms with Crippen LogP contribution in [0.3, 0.4) is 0 Å². The molecule has 0 saturated carbocycles. The topological polar surface area (TPSA) is 54.2 Å². The molecule has 0 saturated heterocycles. The van der Waals surface area contributed by atoms with Crippen LogP contribution in [-0.2, 0) is 0 Å². The zero-order chi connectivity index (χ0) is 21.3. The third-order valence-electron chi connectivity index (χ3n) is 4.85. The van der Waals surface area contributed by atoms with Crippen molar-refractivity contribution in [2.24, 2.45) is 0 Å². The van der Waals surface area contributed by atoms with Crippen molar-refractivity contribution in [3.8, 4) is 11.4 Å². The molecule has 1 aliphatic heterocycles. The SMILES string of the molecule is C=CCN1C(=S)NC(c2cccc(F)c2)C(c2nc(-c3ccc(Cl)cc3)no2)=C1C. The average molecular weight is 441 g/mol. The lowest BCUT2D eigenvalue weighted by molar-refractivity contribution is 0.399. The third kappa shape index (κ3) is 3.86. The first-order valence-corrected chi connectivity index (χ1v) is 10.0. The lowest BCUT2D eigenvalue weighted by Crippen LogP contribution is -2.45. The van der Waals surface area contributed by atoms with Crippen LogP contribution in [0.1, 0.15) is 24.4 Å². The van der Waals surface area contributed by atoms with Crippen molar-refractivity contribution in [2.75, 3.05) is 6.54 Å². The van der Waals surface area contributed by atoms with Crippen LogP contribution in [0.15, 0.2) is 71.4 Å². The van der Waals surface area contributed by atoms with Gasteiger partial charge in [0.25, 0.3) is 5.89 Å². The lowest BCUT2D eigenvalue weighted by atomic mass is 9.94. The Balaban J connectivity index is 1.82. The number of benzene rings is 2. The Kier molecular flexibility index (Phi) is 5.65. The quantitative estimate of drug-likeness (QED) is 0.424. The van der Waals surface area contributed by atoms with E-state index in [4.69, 9.17) is 28.3 Å². The molecule has 4 rings (SSSR count). The van der Waals surface area contributed by atoms with Gasteiger partial charge >= 0.3 is 0 Å². The minimum absolute atomic E-state index is 0.329. The van der Waals surface area contributed by atoms with Crippen molar-refractivity contribution < 1.29 is 8.91 Å². The summed E-state index contributed by atoms with van der Waals surface area (Å²) in [7, 11) is 0. The first-order chi connectivity index (χ1) is 14.5. The smallest absolute Gasteiger partial charge is 0.258 e. The first kappa shape index (κ1) is 20.3. The Morgan fingerprint density at radius 3 is 2.77 bits per heavy atom. The van der Waals surface area contributed by atoms with Crippen LogP contribution in [0.5, 0.6) is 0 Å². The largest absolute Gasteiger partial charge is 0.351 e. The van der Waals surface area contributed by atoms with Gasteiger partial charge in [-0.15, -0.1) is 6.58 Å². The Morgan fingerprint density at radius 2 is 2.07 bits per heavy atom. The summed E-state index contributed by atoms with van der Waals surface area (Å²) in [6.07, 6.45) is 1.75. The summed E-state index contributed by atoms with van der Waals surface area (Å²) in [5.41, 5.74) is 3.04. The van der Waals surface area contributed by atoms with Crippen LogP contribution in [-0.4, -0.2) is 26.7 Å². The van der Waals surface area contributed by atoms with Crippen LogP contribution < -0.4 is 5.32 Å². The molecule has 5 nitrogen and oxygen atoms in total. The molecule has 152 valence electrons. The van der Waals surface area contributed by atoms with Gasteiger partial charge in [0.1, 0.15) is 5.82 Å². The van der Waals surface area contributed by atoms with E-state index in [2.05, 4.69) is 22.0 Å². The molecular weight excluding hydrogens is 423 g/mol. The van der Waals surface area contributed by atoms with Crippen molar-refractivity contribution in [3.05, 3.63) is 89.2 Å². The van der Waals surface area contributed by atoms with Gasteiger partial charge < -0.3 is 14.7 Å². The second-order valence-corrected chi connectivity index (χ2v) is 7.59.